The molecule has 1 aromatic heterocycles. The maximum Gasteiger partial charge on any atom is 0.152 e. The van der Waals surface area contributed by atoms with E-state index in [9.17, 15) is 0 Å². The zero-order valence-corrected chi connectivity index (χ0v) is 11.4. The number of hydrogen-bond acceptors (Lipinski definition) is 3. The summed E-state index contributed by atoms with van der Waals surface area (Å²) in [7, 11) is 1.99. The Labute approximate surface area is 117 Å². The number of para-hydroxylation sites is 3. The van der Waals surface area contributed by atoms with Crippen LogP contribution in [0.2, 0.25) is 0 Å². The van der Waals surface area contributed by atoms with Crippen LogP contribution in [0.4, 0.5) is 5.69 Å². The predicted octanol–water partition coefficient (Wildman–Crippen LogP) is 3.61. The van der Waals surface area contributed by atoms with Crippen LogP contribution in [0.25, 0.3) is 11.0 Å². The third-order valence-electron chi connectivity index (χ3n) is 3.02. The van der Waals surface area contributed by atoms with Gasteiger partial charge in [0, 0.05) is 11.9 Å². The van der Waals surface area contributed by atoms with Gasteiger partial charge >= 0.3 is 0 Å². The monoisotopic (exact) mass is 267 g/mol. The number of nitrogens with zero attached hydrogens (tertiary/aromatic N) is 3. The quantitative estimate of drug-likeness (QED) is 0.558. The van der Waals surface area contributed by atoms with Crippen LogP contribution in [-0.4, -0.2) is 15.8 Å². The van der Waals surface area contributed by atoms with Gasteiger partial charge in [0.05, 0.1) is 22.9 Å². The predicted molar refractivity (Wildman–Crippen MR) is 81.7 cm³/mol. The van der Waals surface area contributed by atoms with E-state index in [0.29, 0.717) is 0 Å². The van der Waals surface area contributed by atoms with E-state index in [1.54, 1.807) is 6.21 Å². The van der Waals surface area contributed by atoms with E-state index in [-0.39, 0.29) is 0 Å². The van der Waals surface area contributed by atoms with Crippen LogP contribution in [0, 0.1) is 0 Å². The number of imidazole rings is 1. The van der Waals surface area contributed by atoms with Crippen LogP contribution in [0.5, 0.6) is 0 Å². The Morgan fingerprint density at radius 1 is 1.11 bits per heavy atom. The highest BCUT2D eigenvalue weighted by Crippen LogP contribution is 2.22. The minimum Gasteiger partial charge on any atom is -0.326 e. The van der Waals surface area contributed by atoms with Gasteiger partial charge in [-0.1, -0.05) is 24.3 Å². The third kappa shape index (κ3) is 2.27. The normalized spacial score (nSPS) is 11.5. The lowest BCUT2D eigenvalue weighted by Gasteiger charge is -1.98. The molecule has 0 N–H and O–H groups in total. The van der Waals surface area contributed by atoms with E-state index in [4.69, 9.17) is 0 Å². The molecule has 0 unspecified atom stereocenters. The van der Waals surface area contributed by atoms with Crippen LogP contribution in [-0.2, 0) is 7.05 Å². The number of aryl methyl sites for hydroxylation is 1. The minimum absolute atomic E-state index is 0.831. The molecular weight excluding hydrogens is 254 g/mol. The van der Waals surface area contributed by atoms with Gasteiger partial charge in [-0.3, -0.25) is 4.99 Å². The fraction of sp³-hybridized carbons (Fsp3) is 0.0667. The van der Waals surface area contributed by atoms with Gasteiger partial charge in [-0.2, -0.15) is 0 Å². The standard InChI is InChI=1S/C15H13N3S/c1-18-13-8-4-2-6-11(13)17-15(18)10-16-12-7-3-5-9-14(12)19/h2-10,19H,1H3. The molecule has 0 saturated heterocycles. The molecule has 0 bridgehead atoms. The second-order valence-electron chi connectivity index (χ2n) is 4.26. The van der Waals surface area contributed by atoms with Gasteiger partial charge in [0.15, 0.2) is 5.82 Å². The Morgan fingerprint density at radius 3 is 2.63 bits per heavy atom. The molecule has 0 spiro atoms. The highest BCUT2D eigenvalue weighted by molar-refractivity contribution is 7.80. The van der Waals surface area contributed by atoms with Crippen LogP contribution in [0.1, 0.15) is 5.82 Å². The third-order valence-corrected chi connectivity index (χ3v) is 3.40. The number of aliphatic imine (C=N–C) groups is 1. The first-order valence-corrected chi connectivity index (χ1v) is 6.44. The Hall–Kier alpha value is -2.07. The molecule has 3 aromatic rings. The fourth-order valence-electron chi connectivity index (χ4n) is 1.98. The van der Waals surface area contributed by atoms with E-state index in [1.165, 1.54) is 0 Å². The second kappa shape index (κ2) is 4.90. The minimum atomic E-state index is 0.831. The van der Waals surface area contributed by atoms with Crippen molar-refractivity contribution >= 4 is 35.6 Å². The molecule has 1 heterocycles. The van der Waals surface area contributed by atoms with Gasteiger partial charge in [-0.25, -0.2) is 4.98 Å². The summed E-state index contributed by atoms with van der Waals surface area (Å²) in [5.74, 6) is 0.831. The molecule has 19 heavy (non-hydrogen) atoms. The molecule has 3 nitrogen and oxygen atoms in total. The van der Waals surface area contributed by atoms with E-state index in [0.717, 1.165) is 27.4 Å². The highest BCUT2D eigenvalue weighted by atomic mass is 32.1. The van der Waals surface area contributed by atoms with Crippen LogP contribution < -0.4 is 0 Å². The van der Waals surface area contributed by atoms with Crippen molar-refractivity contribution in [2.24, 2.45) is 12.0 Å². The lowest BCUT2D eigenvalue weighted by molar-refractivity contribution is 0.934. The number of benzene rings is 2. The van der Waals surface area contributed by atoms with Crippen molar-refractivity contribution < 1.29 is 0 Å². The van der Waals surface area contributed by atoms with E-state index in [1.807, 2.05) is 60.1 Å². The van der Waals surface area contributed by atoms with Crippen LogP contribution in [0.3, 0.4) is 0 Å². The Kier molecular flexibility index (Phi) is 3.09. The molecule has 0 fully saturated rings. The van der Waals surface area contributed by atoms with E-state index >= 15 is 0 Å². The number of thiol groups is 1. The van der Waals surface area contributed by atoms with Crippen molar-refractivity contribution in [1.29, 1.82) is 0 Å². The zero-order chi connectivity index (χ0) is 13.2. The summed E-state index contributed by atoms with van der Waals surface area (Å²) in [6.07, 6.45) is 1.77. The molecule has 0 aliphatic rings. The van der Waals surface area contributed by atoms with Gasteiger partial charge in [0.2, 0.25) is 0 Å². The Balaban J connectivity index is 2.02. The average molecular weight is 267 g/mol. The van der Waals surface area contributed by atoms with Crippen molar-refractivity contribution in [2.75, 3.05) is 0 Å². The molecular formula is C15H13N3S. The average Bonchev–Trinajstić information content (AvgIpc) is 2.75. The molecule has 0 radical (unpaired) electrons. The number of hydrogen-bond donors (Lipinski definition) is 1. The number of fused-ring (bicyclic) bond motifs is 1. The summed E-state index contributed by atoms with van der Waals surface area (Å²) >= 11 is 4.38. The lowest BCUT2D eigenvalue weighted by atomic mass is 10.3. The molecule has 0 atom stereocenters. The van der Waals surface area contributed by atoms with Crippen LogP contribution >= 0.6 is 12.6 Å². The summed E-state index contributed by atoms with van der Waals surface area (Å²) in [5, 5.41) is 0. The SMILES string of the molecule is Cn1c(C=Nc2ccccc2S)nc2ccccc21. The largest absolute Gasteiger partial charge is 0.326 e. The lowest BCUT2D eigenvalue weighted by Crippen LogP contribution is -1.95. The first-order chi connectivity index (χ1) is 9.25. The molecule has 0 aliphatic heterocycles. The molecule has 3 rings (SSSR count). The topological polar surface area (TPSA) is 30.2 Å². The first-order valence-electron chi connectivity index (χ1n) is 5.99. The van der Waals surface area contributed by atoms with E-state index in [2.05, 4.69) is 22.6 Å². The van der Waals surface area contributed by atoms with Gasteiger partial charge in [-0.15, -0.1) is 12.6 Å². The summed E-state index contributed by atoms with van der Waals surface area (Å²) in [6, 6.07) is 15.8. The van der Waals surface area contributed by atoms with E-state index < -0.39 is 0 Å². The van der Waals surface area contributed by atoms with Gasteiger partial charge in [0.1, 0.15) is 0 Å². The van der Waals surface area contributed by atoms with Gasteiger partial charge in [0.25, 0.3) is 0 Å². The van der Waals surface area contributed by atoms with Crippen molar-refractivity contribution in [3.8, 4) is 0 Å². The maximum absolute atomic E-state index is 4.55. The fourth-order valence-corrected chi connectivity index (χ4v) is 2.20. The smallest absolute Gasteiger partial charge is 0.152 e. The highest BCUT2D eigenvalue weighted by Gasteiger charge is 2.04. The summed E-state index contributed by atoms with van der Waals surface area (Å²) < 4.78 is 2.03. The van der Waals surface area contributed by atoms with Crippen molar-refractivity contribution in [2.45, 2.75) is 4.90 Å². The molecule has 0 aliphatic carbocycles. The molecule has 2 aromatic carbocycles. The van der Waals surface area contributed by atoms with Crippen molar-refractivity contribution in [3.63, 3.8) is 0 Å². The Bertz CT molecular complexity index is 759. The summed E-state index contributed by atoms with van der Waals surface area (Å²) in [6.45, 7) is 0. The summed E-state index contributed by atoms with van der Waals surface area (Å²) in [4.78, 5) is 9.85. The van der Waals surface area contributed by atoms with Gasteiger partial charge in [-0.05, 0) is 24.3 Å². The molecule has 0 amide bonds. The Morgan fingerprint density at radius 2 is 1.84 bits per heavy atom. The number of aromatic nitrogens is 2. The maximum atomic E-state index is 4.55. The molecule has 0 saturated carbocycles. The van der Waals surface area contributed by atoms with Crippen molar-refractivity contribution in [1.82, 2.24) is 9.55 Å². The molecule has 94 valence electrons. The van der Waals surface area contributed by atoms with Crippen LogP contribution in [0.15, 0.2) is 58.4 Å². The number of rotatable bonds is 2. The molecule has 4 heteroatoms. The van der Waals surface area contributed by atoms with Crippen molar-refractivity contribution in [3.05, 3.63) is 54.4 Å². The first kappa shape index (κ1) is 12.0. The second-order valence-corrected chi connectivity index (χ2v) is 4.75. The summed E-state index contributed by atoms with van der Waals surface area (Å²) in [5.41, 5.74) is 2.92. The zero-order valence-electron chi connectivity index (χ0n) is 10.5. The van der Waals surface area contributed by atoms with Gasteiger partial charge < -0.3 is 4.57 Å².